The lowest BCUT2D eigenvalue weighted by Gasteiger charge is -2.18. The van der Waals surface area contributed by atoms with Gasteiger partial charge in [0.15, 0.2) is 11.9 Å². The number of methoxy groups -OCH3 is 1. The van der Waals surface area contributed by atoms with Gasteiger partial charge in [0, 0.05) is 0 Å². The maximum Gasteiger partial charge on any atom is 0.337 e. The molecular weight excluding hydrogens is 176 g/mol. The third-order valence-electron chi connectivity index (χ3n) is 1.83. The normalized spacial score (nSPS) is 28.5. The van der Waals surface area contributed by atoms with Crippen LogP contribution in [-0.2, 0) is 19.0 Å². The van der Waals surface area contributed by atoms with Gasteiger partial charge in [0.05, 0.1) is 13.7 Å². The second-order valence-corrected chi connectivity index (χ2v) is 3.34. The van der Waals surface area contributed by atoms with E-state index in [-0.39, 0.29) is 6.61 Å². The van der Waals surface area contributed by atoms with Crippen molar-refractivity contribution < 1.29 is 24.1 Å². The van der Waals surface area contributed by atoms with Gasteiger partial charge < -0.3 is 19.3 Å². The predicted octanol–water partition coefficient (Wildman–Crippen LogP) is -0.328. The average Bonchev–Trinajstić information content (AvgIpc) is 2.43. The Bertz CT molecular complexity index is 201. The Balaban J connectivity index is 2.51. The molecule has 76 valence electrons. The third-order valence-corrected chi connectivity index (χ3v) is 1.83. The van der Waals surface area contributed by atoms with Crippen LogP contribution in [0, 0.1) is 0 Å². The summed E-state index contributed by atoms with van der Waals surface area (Å²) in [4.78, 5) is 10.9. The van der Waals surface area contributed by atoms with E-state index in [0.29, 0.717) is 0 Å². The smallest absolute Gasteiger partial charge is 0.337 e. The van der Waals surface area contributed by atoms with Crippen molar-refractivity contribution in [2.24, 2.45) is 0 Å². The zero-order valence-corrected chi connectivity index (χ0v) is 7.94. The molecule has 13 heavy (non-hydrogen) atoms. The van der Waals surface area contributed by atoms with Gasteiger partial charge in [0.25, 0.3) is 0 Å². The Morgan fingerprint density at radius 3 is 2.69 bits per heavy atom. The topological polar surface area (TPSA) is 65.0 Å². The summed E-state index contributed by atoms with van der Waals surface area (Å²) in [6, 6.07) is 0. The summed E-state index contributed by atoms with van der Waals surface area (Å²) in [7, 11) is 1.21. The van der Waals surface area contributed by atoms with Crippen molar-refractivity contribution in [1.82, 2.24) is 0 Å². The quantitative estimate of drug-likeness (QED) is 0.604. The molecule has 0 saturated carbocycles. The fourth-order valence-electron chi connectivity index (χ4n) is 1.14. The molecule has 0 bridgehead atoms. The van der Waals surface area contributed by atoms with Gasteiger partial charge in [-0.2, -0.15) is 0 Å². The standard InChI is InChI=1S/C8H14O5/c1-8(2)12-4-5(13-8)6(9)7(10)11-3/h5-6,9H,4H2,1-3H3/t5-,6?/m0/s1. The van der Waals surface area contributed by atoms with Gasteiger partial charge in [0.2, 0.25) is 0 Å². The molecule has 0 amide bonds. The van der Waals surface area contributed by atoms with Crippen molar-refractivity contribution in [2.45, 2.75) is 31.8 Å². The van der Waals surface area contributed by atoms with Crippen molar-refractivity contribution >= 4 is 5.97 Å². The van der Waals surface area contributed by atoms with E-state index in [1.54, 1.807) is 13.8 Å². The highest BCUT2D eigenvalue weighted by Crippen LogP contribution is 2.24. The van der Waals surface area contributed by atoms with Crippen LogP contribution in [0.1, 0.15) is 13.8 Å². The summed E-state index contributed by atoms with van der Waals surface area (Å²) >= 11 is 0. The molecule has 1 saturated heterocycles. The number of carbonyl (C=O) groups excluding carboxylic acids is 1. The minimum atomic E-state index is -1.27. The van der Waals surface area contributed by atoms with E-state index in [9.17, 15) is 9.90 Å². The molecule has 5 heteroatoms. The van der Waals surface area contributed by atoms with Crippen LogP contribution in [0.2, 0.25) is 0 Å². The molecule has 0 aromatic carbocycles. The molecule has 0 aliphatic carbocycles. The molecular formula is C8H14O5. The van der Waals surface area contributed by atoms with E-state index in [4.69, 9.17) is 9.47 Å². The van der Waals surface area contributed by atoms with Crippen LogP contribution in [0.25, 0.3) is 0 Å². The van der Waals surface area contributed by atoms with Gasteiger partial charge in [-0.25, -0.2) is 4.79 Å². The minimum Gasteiger partial charge on any atom is -0.467 e. The fourth-order valence-corrected chi connectivity index (χ4v) is 1.14. The van der Waals surface area contributed by atoms with Crippen LogP contribution in [0.3, 0.4) is 0 Å². The van der Waals surface area contributed by atoms with E-state index in [1.807, 2.05) is 0 Å². The molecule has 1 fully saturated rings. The van der Waals surface area contributed by atoms with E-state index >= 15 is 0 Å². The molecule has 1 N–H and O–H groups in total. The highest BCUT2D eigenvalue weighted by atomic mass is 16.7. The lowest BCUT2D eigenvalue weighted by molar-refractivity contribution is -0.170. The molecule has 1 rings (SSSR count). The molecule has 1 heterocycles. The molecule has 0 spiro atoms. The summed E-state index contributed by atoms with van der Waals surface area (Å²) in [6.07, 6.45) is -1.91. The van der Waals surface area contributed by atoms with Crippen molar-refractivity contribution in [3.63, 3.8) is 0 Å². The van der Waals surface area contributed by atoms with Gasteiger partial charge in [-0.3, -0.25) is 0 Å². The Morgan fingerprint density at radius 1 is 1.69 bits per heavy atom. The van der Waals surface area contributed by atoms with Crippen LogP contribution in [0.15, 0.2) is 0 Å². The number of esters is 1. The van der Waals surface area contributed by atoms with Gasteiger partial charge in [0.1, 0.15) is 6.10 Å². The van der Waals surface area contributed by atoms with Crippen molar-refractivity contribution in [1.29, 1.82) is 0 Å². The fraction of sp³-hybridized carbons (Fsp3) is 0.875. The SMILES string of the molecule is COC(=O)C(O)[C@@H]1COC(C)(C)O1. The highest BCUT2D eigenvalue weighted by Gasteiger charge is 2.39. The summed E-state index contributed by atoms with van der Waals surface area (Å²) in [5, 5.41) is 9.37. The van der Waals surface area contributed by atoms with Gasteiger partial charge >= 0.3 is 5.97 Å². The van der Waals surface area contributed by atoms with E-state index in [0.717, 1.165) is 0 Å². The maximum atomic E-state index is 10.9. The monoisotopic (exact) mass is 190 g/mol. The number of carbonyl (C=O) groups is 1. The first kappa shape index (κ1) is 10.4. The summed E-state index contributed by atoms with van der Waals surface area (Å²) in [6.45, 7) is 3.64. The summed E-state index contributed by atoms with van der Waals surface area (Å²) < 4.78 is 14.8. The van der Waals surface area contributed by atoms with Crippen LogP contribution < -0.4 is 0 Å². The number of aliphatic hydroxyl groups is 1. The van der Waals surface area contributed by atoms with Crippen molar-refractivity contribution in [2.75, 3.05) is 13.7 Å². The molecule has 2 atom stereocenters. The van der Waals surface area contributed by atoms with Crippen LogP contribution in [-0.4, -0.2) is 42.8 Å². The Kier molecular flexibility index (Phi) is 2.90. The molecule has 0 aromatic rings. The number of aliphatic hydroxyl groups excluding tert-OH is 1. The van der Waals surface area contributed by atoms with Crippen LogP contribution in [0.5, 0.6) is 0 Å². The highest BCUT2D eigenvalue weighted by molar-refractivity contribution is 5.75. The Morgan fingerprint density at radius 2 is 2.31 bits per heavy atom. The van der Waals surface area contributed by atoms with Crippen LogP contribution in [0.4, 0.5) is 0 Å². The number of ether oxygens (including phenoxy) is 3. The molecule has 5 nitrogen and oxygen atoms in total. The van der Waals surface area contributed by atoms with Gasteiger partial charge in [-0.1, -0.05) is 0 Å². The Labute approximate surface area is 76.6 Å². The Hall–Kier alpha value is -0.650. The lowest BCUT2D eigenvalue weighted by atomic mass is 10.2. The summed E-state index contributed by atoms with van der Waals surface area (Å²) in [5.74, 6) is -1.44. The number of hydrogen-bond donors (Lipinski definition) is 1. The van der Waals surface area contributed by atoms with Gasteiger partial charge in [-0.05, 0) is 13.8 Å². The first-order valence-electron chi connectivity index (χ1n) is 4.04. The molecule has 1 aliphatic heterocycles. The number of hydrogen-bond acceptors (Lipinski definition) is 5. The van der Waals surface area contributed by atoms with Crippen molar-refractivity contribution in [3.05, 3.63) is 0 Å². The first-order valence-corrected chi connectivity index (χ1v) is 4.04. The average molecular weight is 190 g/mol. The largest absolute Gasteiger partial charge is 0.467 e. The minimum absolute atomic E-state index is 0.198. The summed E-state index contributed by atoms with van der Waals surface area (Å²) in [5.41, 5.74) is 0. The van der Waals surface area contributed by atoms with Crippen LogP contribution >= 0.6 is 0 Å². The molecule has 1 unspecified atom stereocenters. The zero-order chi connectivity index (χ0) is 10.1. The molecule has 0 aromatic heterocycles. The van der Waals surface area contributed by atoms with E-state index in [2.05, 4.69) is 4.74 Å². The van der Waals surface area contributed by atoms with E-state index in [1.165, 1.54) is 7.11 Å². The van der Waals surface area contributed by atoms with E-state index < -0.39 is 24.0 Å². The zero-order valence-electron chi connectivity index (χ0n) is 7.94. The first-order chi connectivity index (χ1) is 5.96. The number of rotatable bonds is 2. The maximum absolute atomic E-state index is 10.9. The second-order valence-electron chi connectivity index (χ2n) is 3.34. The predicted molar refractivity (Wildman–Crippen MR) is 42.9 cm³/mol. The van der Waals surface area contributed by atoms with Crippen molar-refractivity contribution in [3.8, 4) is 0 Å². The molecule has 1 aliphatic rings. The third kappa shape index (κ3) is 2.40. The lowest BCUT2D eigenvalue weighted by Crippen LogP contribution is -2.37. The second kappa shape index (κ2) is 3.61. The molecule has 0 radical (unpaired) electrons. The van der Waals surface area contributed by atoms with Gasteiger partial charge in [-0.15, -0.1) is 0 Å².